The number of carboxylic acids is 1. The van der Waals surface area contributed by atoms with E-state index in [9.17, 15) is 9.18 Å². The Labute approximate surface area is 150 Å². The molecule has 0 aliphatic heterocycles. The minimum atomic E-state index is -0.944. The predicted octanol–water partition coefficient (Wildman–Crippen LogP) is 3.63. The zero-order valence-electron chi connectivity index (χ0n) is 13.7. The summed E-state index contributed by atoms with van der Waals surface area (Å²) < 4.78 is 24.9. The zero-order chi connectivity index (χ0) is 18.2. The average Bonchev–Trinajstić information content (AvgIpc) is 2.55. The van der Waals surface area contributed by atoms with Crippen LogP contribution in [0.15, 0.2) is 36.4 Å². The maximum Gasteiger partial charge on any atom is 0.317 e. The van der Waals surface area contributed by atoms with Crippen molar-refractivity contribution in [3.05, 3.63) is 58.4 Å². The number of rotatable bonds is 9. The molecule has 0 radical (unpaired) electrons. The van der Waals surface area contributed by atoms with Crippen LogP contribution in [0.5, 0.6) is 11.5 Å². The molecular weight excluding hydrogens is 349 g/mol. The fourth-order valence-corrected chi connectivity index (χ4v) is 2.49. The first kappa shape index (κ1) is 19.0. The molecule has 0 heterocycles. The van der Waals surface area contributed by atoms with Crippen molar-refractivity contribution < 1.29 is 23.8 Å². The van der Waals surface area contributed by atoms with Gasteiger partial charge >= 0.3 is 5.97 Å². The number of hydrogen-bond donors (Lipinski definition) is 2. The third kappa shape index (κ3) is 5.62. The van der Waals surface area contributed by atoms with E-state index in [0.29, 0.717) is 35.2 Å². The van der Waals surface area contributed by atoms with E-state index < -0.39 is 5.97 Å². The fraction of sp³-hybridized carbons (Fsp3) is 0.278. The molecule has 0 atom stereocenters. The molecular formula is C18H19ClFNO4. The van der Waals surface area contributed by atoms with E-state index in [-0.39, 0.29) is 19.0 Å². The number of halogens is 2. The lowest BCUT2D eigenvalue weighted by molar-refractivity contribution is -0.135. The van der Waals surface area contributed by atoms with E-state index in [1.165, 1.54) is 6.07 Å². The monoisotopic (exact) mass is 367 g/mol. The summed E-state index contributed by atoms with van der Waals surface area (Å²) in [6.45, 7) is 2.40. The van der Waals surface area contributed by atoms with E-state index in [2.05, 4.69) is 5.32 Å². The Morgan fingerprint density at radius 1 is 1.28 bits per heavy atom. The van der Waals surface area contributed by atoms with Crippen molar-refractivity contribution in [3.63, 3.8) is 0 Å². The van der Waals surface area contributed by atoms with Crippen molar-refractivity contribution in [2.75, 3.05) is 13.2 Å². The Morgan fingerprint density at radius 3 is 2.72 bits per heavy atom. The van der Waals surface area contributed by atoms with E-state index in [0.717, 1.165) is 5.56 Å². The first-order valence-electron chi connectivity index (χ1n) is 7.75. The summed E-state index contributed by atoms with van der Waals surface area (Å²) in [7, 11) is 0. The van der Waals surface area contributed by atoms with Crippen LogP contribution in [0.4, 0.5) is 4.39 Å². The highest BCUT2D eigenvalue weighted by Gasteiger charge is 2.14. The number of hydrogen-bond acceptors (Lipinski definition) is 4. The highest BCUT2D eigenvalue weighted by atomic mass is 35.5. The predicted molar refractivity (Wildman–Crippen MR) is 92.7 cm³/mol. The molecule has 2 rings (SSSR count). The molecule has 134 valence electrons. The van der Waals surface area contributed by atoms with Crippen molar-refractivity contribution in [1.29, 1.82) is 0 Å². The first-order valence-corrected chi connectivity index (χ1v) is 8.13. The molecule has 25 heavy (non-hydrogen) atoms. The van der Waals surface area contributed by atoms with Crippen LogP contribution in [0.25, 0.3) is 0 Å². The van der Waals surface area contributed by atoms with Gasteiger partial charge in [-0.15, -0.1) is 0 Å². The summed E-state index contributed by atoms with van der Waals surface area (Å²) in [5.41, 5.74) is 1.17. The zero-order valence-corrected chi connectivity index (χ0v) is 14.5. The number of benzene rings is 2. The second-order valence-corrected chi connectivity index (χ2v) is 5.62. The van der Waals surface area contributed by atoms with Crippen LogP contribution in [0.2, 0.25) is 5.02 Å². The largest absolute Gasteiger partial charge is 0.490 e. The molecule has 2 aromatic rings. The number of carboxylic acid groups (broad SMARTS) is 1. The molecule has 0 aliphatic carbocycles. The number of nitrogens with one attached hydrogen (secondary N) is 1. The molecule has 0 amide bonds. The molecule has 2 N–H and O–H groups in total. The quantitative estimate of drug-likeness (QED) is 0.708. The average molecular weight is 368 g/mol. The first-order chi connectivity index (χ1) is 12.0. The summed E-state index contributed by atoms with van der Waals surface area (Å²) in [6, 6.07) is 9.71. The molecule has 0 bridgehead atoms. The Morgan fingerprint density at radius 2 is 2.04 bits per heavy atom. The molecule has 5 nitrogen and oxygen atoms in total. The molecule has 0 fully saturated rings. The van der Waals surface area contributed by atoms with E-state index in [1.807, 2.05) is 6.92 Å². The van der Waals surface area contributed by atoms with Gasteiger partial charge < -0.3 is 19.9 Å². The number of aliphatic carboxylic acids is 1. The van der Waals surface area contributed by atoms with Crippen molar-refractivity contribution in [3.8, 4) is 11.5 Å². The van der Waals surface area contributed by atoms with Gasteiger partial charge in [-0.2, -0.15) is 0 Å². The summed E-state index contributed by atoms with van der Waals surface area (Å²) in [5.74, 6) is -0.542. The lowest BCUT2D eigenvalue weighted by atomic mass is 10.2. The Hall–Kier alpha value is -2.31. The smallest absolute Gasteiger partial charge is 0.317 e. The summed E-state index contributed by atoms with van der Waals surface area (Å²) in [4.78, 5) is 10.6. The van der Waals surface area contributed by atoms with Gasteiger partial charge in [-0.05, 0) is 30.7 Å². The molecule has 0 spiro atoms. The van der Waals surface area contributed by atoms with Crippen molar-refractivity contribution in [2.45, 2.75) is 20.1 Å². The maximum absolute atomic E-state index is 13.7. The van der Waals surface area contributed by atoms with Gasteiger partial charge in [-0.3, -0.25) is 4.79 Å². The normalized spacial score (nSPS) is 10.5. The minimum Gasteiger partial charge on any atom is -0.490 e. The lowest BCUT2D eigenvalue weighted by Crippen LogP contribution is -2.21. The molecule has 7 heteroatoms. The van der Waals surface area contributed by atoms with Crippen LogP contribution >= 0.6 is 11.6 Å². The fourth-order valence-electron chi connectivity index (χ4n) is 2.21. The van der Waals surface area contributed by atoms with E-state index in [1.54, 1.807) is 30.3 Å². The van der Waals surface area contributed by atoms with Gasteiger partial charge in [0, 0.05) is 12.1 Å². The van der Waals surface area contributed by atoms with Crippen molar-refractivity contribution in [2.24, 2.45) is 0 Å². The topological polar surface area (TPSA) is 67.8 Å². The highest BCUT2D eigenvalue weighted by Crippen LogP contribution is 2.37. The molecule has 0 aliphatic rings. The van der Waals surface area contributed by atoms with Gasteiger partial charge in [0.15, 0.2) is 11.5 Å². The lowest BCUT2D eigenvalue weighted by Gasteiger charge is -2.15. The van der Waals surface area contributed by atoms with Crippen LogP contribution in [-0.2, 0) is 17.9 Å². The van der Waals surface area contributed by atoms with Crippen molar-refractivity contribution >= 4 is 17.6 Å². The number of ether oxygens (including phenoxy) is 2. The van der Waals surface area contributed by atoms with Crippen LogP contribution in [0.3, 0.4) is 0 Å². The summed E-state index contributed by atoms with van der Waals surface area (Å²) in [5, 5.41) is 11.8. The minimum absolute atomic E-state index is 0.0169. The second kappa shape index (κ2) is 9.25. The summed E-state index contributed by atoms with van der Waals surface area (Å²) in [6.07, 6.45) is 0. The standard InChI is InChI=1S/C18H19ClFNO4/c1-2-24-16-8-12(9-21-10-17(22)23)7-14(19)18(16)25-11-13-5-3-4-6-15(13)20/h3-8,21H,2,9-11H2,1H3,(H,22,23). The van der Waals surface area contributed by atoms with E-state index >= 15 is 0 Å². The molecule has 0 saturated heterocycles. The molecule has 0 unspecified atom stereocenters. The van der Waals surface area contributed by atoms with Gasteiger partial charge in [-0.25, -0.2) is 4.39 Å². The Kier molecular flexibility index (Phi) is 7.03. The van der Waals surface area contributed by atoms with Gasteiger partial charge in [0.2, 0.25) is 0 Å². The second-order valence-electron chi connectivity index (χ2n) is 5.22. The SMILES string of the molecule is CCOc1cc(CNCC(=O)O)cc(Cl)c1OCc1ccccc1F. The molecule has 2 aromatic carbocycles. The van der Waals surface area contributed by atoms with Crippen LogP contribution < -0.4 is 14.8 Å². The molecule has 0 aromatic heterocycles. The third-order valence-corrected chi connectivity index (χ3v) is 3.59. The van der Waals surface area contributed by atoms with E-state index in [4.69, 9.17) is 26.2 Å². The summed E-state index contributed by atoms with van der Waals surface area (Å²) >= 11 is 6.27. The van der Waals surface area contributed by atoms with Gasteiger partial charge in [0.05, 0.1) is 18.2 Å². The van der Waals surface area contributed by atoms with Gasteiger partial charge in [-0.1, -0.05) is 29.8 Å². The Bertz CT molecular complexity index is 739. The van der Waals surface area contributed by atoms with Gasteiger partial charge in [0.1, 0.15) is 12.4 Å². The van der Waals surface area contributed by atoms with Crippen LogP contribution in [0, 0.1) is 5.82 Å². The molecule has 0 saturated carbocycles. The van der Waals surface area contributed by atoms with Crippen LogP contribution in [0.1, 0.15) is 18.1 Å². The van der Waals surface area contributed by atoms with Gasteiger partial charge in [0.25, 0.3) is 0 Å². The highest BCUT2D eigenvalue weighted by molar-refractivity contribution is 6.32. The maximum atomic E-state index is 13.7. The Balaban J connectivity index is 2.15. The number of carbonyl (C=O) groups is 1. The van der Waals surface area contributed by atoms with Crippen molar-refractivity contribution in [1.82, 2.24) is 5.32 Å². The third-order valence-electron chi connectivity index (χ3n) is 3.30. The van der Waals surface area contributed by atoms with Crippen LogP contribution in [-0.4, -0.2) is 24.2 Å².